The van der Waals surface area contributed by atoms with Gasteiger partial charge >= 0.3 is 24.0 Å². The van der Waals surface area contributed by atoms with Gasteiger partial charge in [-0.15, -0.1) is 0 Å². The zero-order valence-electron chi connectivity index (χ0n) is 20.9. The van der Waals surface area contributed by atoms with Gasteiger partial charge in [-0.3, -0.25) is 0 Å². The lowest BCUT2D eigenvalue weighted by molar-refractivity contribution is -0.144. The average molecular weight is 479 g/mol. The molecule has 34 heavy (non-hydrogen) atoms. The number of nitrogens with one attached hydrogen (secondary N) is 4. The Labute approximate surface area is 201 Å². The minimum atomic E-state index is -0.719. The molecular formula is C24H38N4O6. The maximum absolute atomic E-state index is 12.3. The first-order valence-corrected chi connectivity index (χ1v) is 11.4. The van der Waals surface area contributed by atoms with Crippen molar-refractivity contribution >= 4 is 24.0 Å². The van der Waals surface area contributed by atoms with Crippen molar-refractivity contribution in [1.82, 2.24) is 21.3 Å². The Hall–Kier alpha value is -3.30. The number of hydrogen-bond donors (Lipinski definition) is 4. The second-order valence-electron chi connectivity index (χ2n) is 8.88. The normalized spacial score (nSPS) is 12.5. The highest BCUT2D eigenvalue weighted by Crippen LogP contribution is 2.08. The fourth-order valence-electron chi connectivity index (χ4n) is 3.29. The largest absolute Gasteiger partial charge is 0.467 e. The Kier molecular flexibility index (Phi) is 12.5. The van der Waals surface area contributed by atoms with Crippen LogP contribution in [-0.4, -0.2) is 50.3 Å². The lowest BCUT2D eigenvalue weighted by Gasteiger charge is -2.19. The van der Waals surface area contributed by atoms with Crippen LogP contribution in [0.4, 0.5) is 9.59 Å². The summed E-state index contributed by atoms with van der Waals surface area (Å²) in [5.41, 5.74) is 1.64. The maximum Gasteiger partial charge on any atom is 0.328 e. The molecule has 1 aromatic rings. The first-order valence-electron chi connectivity index (χ1n) is 11.4. The van der Waals surface area contributed by atoms with Crippen molar-refractivity contribution in [3.05, 3.63) is 35.4 Å². The van der Waals surface area contributed by atoms with E-state index in [1.165, 1.54) is 14.2 Å². The van der Waals surface area contributed by atoms with Crippen LogP contribution in [0.3, 0.4) is 0 Å². The van der Waals surface area contributed by atoms with Gasteiger partial charge in [0.25, 0.3) is 0 Å². The Morgan fingerprint density at radius 3 is 1.44 bits per heavy atom. The highest BCUT2D eigenvalue weighted by Gasteiger charge is 2.23. The van der Waals surface area contributed by atoms with E-state index in [-0.39, 0.29) is 24.9 Å². The molecule has 1 aromatic carbocycles. The molecule has 2 unspecified atom stereocenters. The summed E-state index contributed by atoms with van der Waals surface area (Å²) in [7, 11) is 2.57. The molecule has 2 atom stereocenters. The second kappa shape index (κ2) is 14.8. The molecule has 0 radical (unpaired) electrons. The Morgan fingerprint density at radius 2 is 1.12 bits per heavy atom. The third kappa shape index (κ3) is 11.0. The van der Waals surface area contributed by atoms with E-state index < -0.39 is 36.1 Å². The third-order valence-corrected chi connectivity index (χ3v) is 4.89. The van der Waals surface area contributed by atoms with Crippen LogP contribution in [0.1, 0.15) is 51.7 Å². The number of rotatable bonds is 12. The number of carbonyl (C=O) groups excluding carboxylic acids is 4. The van der Waals surface area contributed by atoms with Crippen LogP contribution in [0.25, 0.3) is 0 Å². The van der Waals surface area contributed by atoms with Gasteiger partial charge in [-0.2, -0.15) is 0 Å². The van der Waals surface area contributed by atoms with Crippen molar-refractivity contribution in [3.63, 3.8) is 0 Å². The molecule has 0 saturated carbocycles. The van der Waals surface area contributed by atoms with Crippen molar-refractivity contribution in [3.8, 4) is 0 Å². The van der Waals surface area contributed by atoms with Gasteiger partial charge in [0.05, 0.1) is 14.2 Å². The topological polar surface area (TPSA) is 135 Å². The van der Waals surface area contributed by atoms with Crippen LogP contribution in [0, 0.1) is 11.8 Å². The third-order valence-electron chi connectivity index (χ3n) is 4.89. The molecule has 0 aliphatic rings. The second-order valence-corrected chi connectivity index (χ2v) is 8.88. The number of esters is 2. The minimum Gasteiger partial charge on any atom is -0.467 e. The van der Waals surface area contributed by atoms with Gasteiger partial charge in [0.1, 0.15) is 12.1 Å². The summed E-state index contributed by atoms with van der Waals surface area (Å²) >= 11 is 0. The van der Waals surface area contributed by atoms with Crippen LogP contribution in [-0.2, 0) is 32.2 Å². The summed E-state index contributed by atoms with van der Waals surface area (Å²) in [4.78, 5) is 48.3. The molecule has 0 saturated heterocycles. The van der Waals surface area contributed by atoms with Crippen molar-refractivity contribution in [2.45, 2.75) is 65.7 Å². The van der Waals surface area contributed by atoms with Gasteiger partial charge in [0, 0.05) is 13.1 Å². The molecule has 0 heterocycles. The number of ether oxygens (including phenoxy) is 2. The van der Waals surface area contributed by atoms with Crippen molar-refractivity contribution in [2.24, 2.45) is 11.8 Å². The van der Waals surface area contributed by atoms with Crippen LogP contribution in [0.15, 0.2) is 24.3 Å². The number of methoxy groups -OCH3 is 2. The van der Waals surface area contributed by atoms with Gasteiger partial charge in [0.15, 0.2) is 0 Å². The van der Waals surface area contributed by atoms with Crippen molar-refractivity contribution < 1.29 is 28.7 Å². The SMILES string of the molecule is COC(=O)C(CC(C)C)NC(=O)NCc1cccc(CNC(=O)NC(CC(C)C)C(=O)OC)c1. The van der Waals surface area contributed by atoms with Crippen LogP contribution >= 0.6 is 0 Å². The highest BCUT2D eigenvalue weighted by molar-refractivity contribution is 5.84. The number of amides is 4. The van der Waals surface area contributed by atoms with Gasteiger partial charge in [-0.05, 0) is 35.8 Å². The molecule has 0 bridgehead atoms. The van der Waals surface area contributed by atoms with E-state index in [0.29, 0.717) is 12.8 Å². The van der Waals surface area contributed by atoms with Gasteiger partial charge in [-0.1, -0.05) is 52.0 Å². The zero-order valence-corrected chi connectivity index (χ0v) is 20.9. The van der Waals surface area contributed by atoms with Crippen molar-refractivity contribution in [2.75, 3.05) is 14.2 Å². The van der Waals surface area contributed by atoms with E-state index in [9.17, 15) is 19.2 Å². The van der Waals surface area contributed by atoms with E-state index in [0.717, 1.165) is 11.1 Å². The molecule has 190 valence electrons. The average Bonchev–Trinajstić information content (AvgIpc) is 2.79. The Bertz CT molecular complexity index is 764. The molecule has 0 spiro atoms. The molecule has 0 aliphatic heterocycles. The summed E-state index contributed by atoms with van der Waals surface area (Å²) in [5, 5.41) is 10.7. The highest BCUT2D eigenvalue weighted by atomic mass is 16.5. The maximum atomic E-state index is 12.3. The zero-order chi connectivity index (χ0) is 25.7. The number of hydrogen-bond acceptors (Lipinski definition) is 6. The van der Waals surface area contributed by atoms with Gasteiger partial charge < -0.3 is 30.7 Å². The predicted octanol–water partition coefficient (Wildman–Crippen LogP) is 2.46. The number of benzene rings is 1. The molecule has 0 aromatic heterocycles. The molecule has 4 amide bonds. The first kappa shape index (κ1) is 28.7. The van der Waals surface area contributed by atoms with Gasteiger partial charge in [-0.25, -0.2) is 19.2 Å². The molecule has 10 nitrogen and oxygen atoms in total. The summed E-state index contributed by atoms with van der Waals surface area (Å²) in [6.45, 7) is 8.29. The number of urea groups is 2. The minimum absolute atomic E-state index is 0.207. The van der Waals surface area contributed by atoms with Crippen LogP contribution in [0.5, 0.6) is 0 Å². The van der Waals surface area contributed by atoms with E-state index in [4.69, 9.17) is 9.47 Å². The molecule has 0 fully saturated rings. The summed E-state index contributed by atoms with van der Waals surface area (Å²) in [6, 6.07) is 4.95. The lowest BCUT2D eigenvalue weighted by atomic mass is 10.0. The molecule has 4 N–H and O–H groups in total. The number of carbonyl (C=O) groups is 4. The van der Waals surface area contributed by atoms with E-state index in [1.807, 2.05) is 52.0 Å². The smallest absolute Gasteiger partial charge is 0.328 e. The van der Waals surface area contributed by atoms with E-state index in [2.05, 4.69) is 21.3 Å². The standard InChI is InChI=1S/C24H38N4O6/c1-15(2)10-19(21(29)33-5)27-23(31)25-13-17-8-7-9-18(12-17)14-26-24(32)28-20(11-16(3)4)22(30)34-6/h7-9,12,15-16,19-20H,10-11,13-14H2,1-6H3,(H2,25,27,31)(H2,26,28,32). The fraction of sp³-hybridized carbons (Fsp3) is 0.583. The van der Waals surface area contributed by atoms with Gasteiger partial charge in [0.2, 0.25) is 0 Å². The van der Waals surface area contributed by atoms with E-state index in [1.54, 1.807) is 0 Å². The lowest BCUT2D eigenvalue weighted by Crippen LogP contribution is -2.47. The molecule has 10 heteroatoms. The van der Waals surface area contributed by atoms with E-state index >= 15 is 0 Å². The van der Waals surface area contributed by atoms with Crippen LogP contribution < -0.4 is 21.3 Å². The summed E-state index contributed by atoms with van der Waals surface area (Å²) in [5.74, 6) is -0.561. The summed E-state index contributed by atoms with van der Waals surface area (Å²) < 4.78 is 9.51. The predicted molar refractivity (Wildman–Crippen MR) is 128 cm³/mol. The fourth-order valence-corrected chi connectivity index (χ4v) is 3.29. The molecular weight excluding hydrogens is 440 g/mol. The first-order chi connectivity index (χ1) is 16.0. The monoisotopic (exact) mass is 478 g/mol. The van der Waals surface area contributed by atoms with Crippen LogP contribution in [0.2, 0.25) is 0 Å². The summed E-state index contributed by atoms with van der Waals surface area (Å²) in [6.07, 6.45) is 0.939. The quantitative estimate of drug-likeness (QED) is 0.341. The Morgan fingerprint density at radius 1 is 0.735 bits per heavy atom. The van der Waals surface area contributed by atoms with Crippen molar-refractivity contribution in [1.29, 1.82) is 0 Å². The molecule has 0 aliphatic carbocycles. The Balaban J connectivity index is 2.60. The molecule has 1 rings (SSSR count).